The third kappa shape index (κ3) is 25.5. The average molecular weight is 252 g/mol. The molecule has 0 atom stereocenters. The molecule has 0 aromatic rings. The van der Waals surface area contributed by atoms with E-state index in [1.165, 1.54) is 0 Å². The zero-order valence-electron chi connectivity index (χ0n) is 1.94. The van der Waals surface area contributed by atoms with Gasteiger partial charge in [0, 0.05) is 0 Å². The minimum Gasteiger partial charge on any atom is -0.854 e. The minimum atomic E-state index is -3.37. The summed E-state index contributed by atoms with van der Waals surface area (Å²) in [7, 11) is -3.37. The van der Waals surface area contributed by atoms with Gasteiger partial charge in [-0.1, -0.05) is 0 Å². The monoisotopic (exact) mass is 253 g/mol. The molecule has 0 fully saturated rings. The molecule has 0 aromatic carbocycles. The average Bonchev–Trinajstić information content (AvgIpc) is 0.811. The predicted molar refractivity (Wildman–Crippen MR) is 6.92 cm³/mol. The van der Waals surface area contributed by atoms with Gasteiger partial charge in [0.2, 0.25) is 0 Å². The summed E-state index contributed by atoms with van der Waals surface area (Å²) in [6.45, 7) is 0. The third-order valence-electron chi connectivity index (χ3n) is 0. The van der Waals surface area contributed by atoms with E-state index in [4.69, 9.17) is 14.7 Å². The Labute approximate surface area is 69.3 Å². The van der Waals surface area contributed by atoms with Gasteiger partial charge in [0.15, 0.2) is 0 Å². The van der Waals surface area contributed by atoms with Crippen LogP contribution in [0.1, 0.15) is 0 Å². The van der Waals surface area contributed by atoms with Gasteiger partial charge in [-0.25, -0.2) is 0 Å². The van der Waals surface area contributed by atoms with Crippen molar-refractivity contribution in [2.45, 2.75) is 0 Å². The zero-order valence-corrected chi connectivity index (χ0v) is 4.55. The van der Waals surface area contributed by atoms with Gasteiger partial charge in [-0.3, -0.25) is 0 Å². The van der Waals surface area contributed by atoms with E-state index < -0.39 is 8.60 Å². The third-order valence-corrected chi connectivity index (χ3v) is 0. The Kier molecular flexibility index (Phi) is 11.6. The fraction of sp³-hybridized carbons (Fsp3) is 0. The van der Waals surface area contributed by atoms with Crippen LogP contribution in [0.5, 0.6) is 0 Å². The van der Waals surface area contributed by atoms with Crippen molar-refractivity contribution in [3.63, 3.8) is 0 Å². The molecule has 0 spiro atoms. The van der Waals surface area contributed by atoms with E-state index in [0.717, 1.165) is 0 Å². The molecule has 0 aliphatic carbocycles. The van der Waals surface area contributed by atoms with E-state index in [9.17, 15) is 0 Å². The van der Waals surface area contributed by atoms with Gasteiger partial charge in [0.1, 0.15) is 0 Å². The Morgan fingerprint density at radius 3 is 1.00 bits per heavy atom. The maximum absolute atomic E-state index is 8.48. The Bertz CT molecular complexity index is 11.6. The maximum Gasteiger partial charge on any atom is 3.00 e. The van der Waals surface area contributed by atoms with Crippen LogP contribution in [0.25, 0.3) is 0 Å². The van der Waals surface area contributed by atoms with E-state index in [0.29, 0.717) is 0 Å². The quantitative estimate of drug-likeness (QED) is 0.440. The van der Waals surface area contributed by atoms with Crippen molar-refractivity contribution in [1.29, 1.82) is 0 Å². The van der Waals surface area contributed by atoms with E-state index in [1.54, 1.807) is 0 Å². The van der Waals surface area contributed by atoms with Crippen LogP contribution in [-0.4, -0.2) is 0 Å². The van der Waals surface area contributed by atoms with Crippen LogP contribution in [0.3, 0.4) is 0 Å². The molecule has 3 nitrogen and oxygen atoms in total. The minimum absolute atomic E-state index is 0. The number of hydrogen-bond acceptors (Lipinski definition) is 3. The van der Waals surface area contributed by atoms with Gasteiger partial charge in [0.25, 0.3) is 0 Å². The summed E-state index contributed by atoms with van der Waals surface area (Å²) in [6.07, 6.45) is 0. The smallest absolute Gasteiger partial charge is 0.854 e. The molecule has 0 aromatic heterocycles. The summed E-state index contributed by atoms with van der Waals surface area (Å²) in [5, 5.41) is 0. The van der Waals surface area contributed by atoms with E-state index in [1.807, 2.05) is 0 Å². The molecular formula is O3PYb. The molecule has 0 amide bonds. The summed E-state index contributed by atoms with van der Waals surface area (Å²) in [5.74, 6) is 0. The first kappa shape index (κ1) is 9.95. The first-order valence-corrected chi connectivity index (χ1v) is 1.64. The van der Waals surface area contributed by atoms with Crippen LogP contribution in [0.4, 0.5) is 0 Å². The van der Waals surface area contributed by atoms with Gasteiger partial charge < -0.3 is 23.3 Å². The first-order valence-electron chi connectivity index (χ1n) is 0.548. The standard InChI is InChI=1S/O3P.Yb/c1-4(2)3;/q-3;+3. The zero-order chi connectivity index (χ0) is 3.58. The van der Waals surface area contributed by atoms with Crippen molar-refractivity contribution < 1.29 is 61.6 Å². The topological polar surface area (TPSA) is 69.2 Å². The van der Waals surface area contributed by atoms with Gasteiger partial charge in [0.05, 0.1) is 0 Å². The van der Waals surface area contributed by atoms with Crippen molar-refractivity contribution in [2.75, 3.05) is 0 Å². The maximum atomic E-state index is 8.48. The van der Waals surface area contributed by atoms with Crippen molar-refractivity contribution in [2.24, 2.45) is 0 Å². The second-order valence-electron chi connectivity index (χ2n) is 0.224. The molecule has 0 saturated heterocycles. The van der Waals surface area contributed by atoms with Gasteiger partial charge in [-0.2, -0.15) is 0 Å². The van der Waals surface area contributed by atoms with E-state index in [2.05, 4.69) is 0 Å². The van der Waals surface area contributed by atoms with Crippen LogP contribution in [-0.2, 0) is 0 Å². The van der Waals surface area contributed by atoms with Crippen LogP contribution in [0, 0.1) is 46.9 Å². The molecule has 0 bridgehead atoms. The van der Waals surface area contributed by atoms with E-state index >= 15 is 0 Å². The molecule has 5 heavy (non-hydrogen) atoms. The Hall–Kier alpha value is 1.83. The molecule has 5 heteroatoms. The van der Waals surface area contributed by atoms with Gasteiger partial charge in [-0.05, 0) is 0 Å². The molecule has 0 aliphatic rings. The molecule has 0 aliphatic heterocycles. The number of rotatable bonds is 0. The second kappa shape index (κ2) is 5.83. The van der Waals surface area contributed by atoms with Gasteiger partial charge in [-0.15, -0.1) is 0 Å². The predicted octanol–water partition coefficient (Wildman–Crippen LogP) is -2.71. The first-order chi connectivity index (χ1) is 1.73. The molecular weight excluding hydrogens is 252 g/mol. The van der Waals surface area contributed by atoms with Crippen molar-refractivity contribution in [3.05, 3.63) is 0 Å². The molecule has 37 valence electrons. The number of hydrogen-bond donors (Lipinski definition) is 0. The van der Waals surface area contributed by atoms with E-state index in [-0.39, 0.29) is 46.9 Å². The summed E-state index contributed by atoms with van der Waals surface area (Å²) in [5.41, 5.74) is 0. The Morgan fingerprint density at radius 2 is 1.00 bits per heavy atom. The second-order valence-corrected chi connectivity index (χ2v) is 0.671. The fourth-order valence-electron chi connectivity index (χ4n) is 0. The summed E-state index contributed by atoms with van der Waals surface area (Å²) < 4.78 is 0. The molecule has 0 unspecified atom stereocenters. The van der Waals surface area contributed by atoms with Crippen LogP contribution >= 0.6 is 8.60 Å². The molecule has 0 rings (SSSR count). The van der Waals surface area contributed by atoms with Crippen molar-refractivity contribution in [1.82, 2.24) is 0 Å². The SMILES string of the molecule is [O-]P([O-])[O-].[Yb+3]. The Balaban J connectivity index is 0. The molecule has 0 N–H and O–H groups in total. The summed E-state index contributed by atoms with van der Waals surface area (Å²) in [4.78, 5) is 25.4. The molecule has 0 heterocycles. The largest absolute Gasteiger partial charge is 3.00 e. The molecule has 1 radical (unpaired) electrons. The molecule has 0 saturated carbocycles. The fourth-order valence-corrected chi connectivity index (χ4v) is 0. The van der Waals surface area contributed by atoms with Crippen LogP contribution in [0.15, 0.2) is 0 Å². The Morgan fingerprint density at radius 1 is 1.00 bits per heavy atom. The van der Waals surface area contributed by atoms with Crippen LogP contribution < -0.4 is 14.7 Å². The van der Waals surface area contributed by atoms with Crippen molar-refractivity contribution >= 4 is 8.60 Å². The van der Waals surface area contributed by atoms with Gasteiger partial charge >= 0.3 is 46.9 Å². The summed E-state index contributed by atoms with van der Waals surface area (Å²) >= 11 is 0. The normalized spacial score (nSPS) is 7.20. The van der Waals surface area contributed by atoms with Crippen LogP contribution in [0.2, 0.25) is 0 Å². The van der Waals surface area contributed by atoms with Crippen molar-refractivity contribution in [3.8, 4) is 0 Å². The summed E-state index contributed by atoms with van der Waals surface area (Å²) in [6, 6.07) is 0.